The van der Waals surface area contributed by atoms with E-state index in [0.717, 1.165) is 13.0 Å². The van der Waals surface area contributed by atoms with E-state index in [2.05, 4.69) is 38.4 Å². The molecule has 1 aliphatic heterocycles. The molecule has 0 spiro atoms. The quantitative estimate of drug-likeness (QED) is 0.862. The van der Waals surface area contributed by atoms with E-state index in [9.17, 15) is 9.59 Å². The molecular weight excluding hydrogens is 354 g/mol. The Hall–Kier alpha value is -1.70. The summed E-state index contributed by atoms with van der Waals surface area (Å²) in [6, 6.07) is 5.94. The van der Waals surface area contributed by atoms with E-state index in [0.29, 0.717) is 0 Å². The van der Waals surface area contributed by atoms with Gasteiger partial charge in [0.15, 0.2) is 0 Å². The van der Waals surface area contributed by atoms with Crippen molar-refractivity contribution in [2.75, 3.05) is 13.1 Å². The zero-order chi connectivity index (χ0) is 18.0. The topological polar surface area (TPSA) is 61.4 Å². The predicted octanol–water partition coefficient (Wildman–Crippen LogP) is 3.38. The first-order valence-corrected chi connectivity index (χ1v) is 10.0. The van der Waals surface area contributed by atoms with Crippen molar-refractivity contribution in [1.29, 1.82) is 0 Å². The number of imide groups is 1. The van der Waals surface area contributed by atoms with Gasteiger partial charge in [0, 0.05) is 21.8 Å². The van der Waals surface area contributed by atoms with Gasteiger partial charge in [-0.05, 0) is 55.6 Å². The van der Waals surface area contributed by atoms with Gasteiger partial charge >= 0.3 is 6.03 Å². The normalized spacial score (nSPS) is 17.8. The van der Waals surface area contributed by atoms with E-state index in [-0.39, 0.29) is 24.0 Å². The van der Waals surface area contributed by atoms with E-state index in [1.54, 1.807) is 22.7 Å². The summed E-state index contributed by atoms with van der Waals surface area (Å²) in [5.74, 6) is -0.276. The number of fused-ring (bicyclic) bond motifs is 1. The number of hydrogen-bond donors (Lipinski definition) is 2. The molecule has 3 heterocycles. The number of nitrogens with zero attached hydrogens (tertiary/aromatic N) is 1. The molecule has 134 valence electrons. The van der Waals surface area contributed by atoms with Gasteiger partial charge < -0.3 is 5.32 Å². The molecule has 0 radical (unpaired) electrons. The van der Waals surface area contributed by atoms with Crippen LogP contribution < -0.4 is 10.6 Å². The van der Waals surface area contributed by atoms with Crippen molar-refractivity contribution >= 4 is 34.6 Å². The van der Waals surface area contributed by atoms with Gasteiger partial charge in [-0.25, -0.2) is 4.79 Å². The number of rotatable bonds is 3. The first-order chi connectivity index (χ1) is 11.8. The summed E-state index contributed by atoms with van der Waals surface area (Å²) in [7, 11) is 0. The summed E-state index contributed by atoms with van der Waals surface area (Å²) in [5.41, 5.74) is 0.909. The third kappa shape index (κ3) is 4.48. The molecule has 0 unspecified atom stereocenters. The Balaban J connectivity index is 1.71. The molecule has 0 saturated heterocycles. The zero-order valence-electron chi connectivity index (χ0n) is 14.7. The highest BCUT2D eigenvalue weighted by Crippen LogP contribution is 2.39. The summed E-state index contributed by atoms with van der Waals surface area (Å²) in [5, 5.41) is 9.37. The lowest BCUT2D eigenvalue weighted by Gasteiger charge is -2.34. The van der Waals surface area contributed by atoms with Gasteiger partial charge in [-0.1, -0.05) is 6.07 Å². The number of thiophene rings is 2. The first-order valence-electron chi connectivity index (χ1n) is 8.29. The second kappa shape index (κ2) is 7.27. The lowest BCUT2D eigenvalue weighted by molar-refractivity contribution is -0.121. The Morgan fingerprint density at radius 2 is 2.04 bits per heavy atom. The third-order valence-corrected chi connectivity index (χ3v) is 5.89. The van der Waals surface area contributed by atoms with Crippen LogP contribution in [0.3, 0.4) is 0 Å². The minimum atomic E-state index is -0.446. The summed E-state index contributed by atoms with van der Waals surface area (Å²) in [4.78, 5) is 29.1. The fourth-order valence-electron chi connectivity index (χ4n) is 3.04. The van der Waals surface area contributed by atoms with Crippen LogP contribution in [-0.4, -0.2) is 35.5 Å². The molecule has 7 heteroatoms. The molecule has 0 bridgehead atoms. The Morgan fingerprint density at radius 1 is 1.24 bits per heavy atom. The van der Waals surface area contributed by atoms with Crippen LogP contribution in [0.5, 0.6) is 0 Å². The maximum Gasteiger partial charge on any atom is 0.321 e. The molecule has 2 aromatic rings. The lowest BCUT2D eigenvalue weighted by atomic mass is 9.98. The fraction of sp³-hybridized carbons (Fsp3) is 0.444. The number of urea groups is 1. The number of nitrogens with one attached hydrogen (secondary N) is 2. The SMILES string of the molecule is CC(C)(C)NC(=O)NC(=O)CN1CCc2sccc2[C@@H]1c1cccs1. The molecule has 0 aliphatic carbocycles. The smallest absolute Gasteiger partial charge is 0.321 e. The Kier molecular flexibility index (Phi) is 5.27. The molecule has 0 saturated carbocycles. The van der Waals surface area contributed by atoms with Crippen LogP contribution in [0.4, 0.5) is 4.79 Å². The molecule has 3 rings (SSSR count). The van der Waals surface area contributed by atoms with Crippen molar-refractivity contribution in [3.05, 3.63) is 44.3 Å². The Bertz CT molecular complexity index is 747. The molecule has 0 fully saturated rings. The minimum absolute atomic E-state index is 0.0893. The number of hydrogen-bond acceptors (Lipinski definition) is 5. The highest BCUT2D eigenvalue weighted by molar-refractivity contribution is 7.10. The van der Waals surface area contributed by atoms with Crippen molar-refractivity contribution in [3.8, 4) is 0 Å². The van der Waals surface area contributed by atoms with Crippen molar-refractivity contribution < 1.29 is 9.59 Å². The lowest BCUT2D eigenvalue weighted by Crippen LogP contribution is -2.51. The van der Waals surface area contributed by atoms with Crippen molar-refractivity contribution in [2.24, 2.45) is 0 Å². The Labute approximate surface area is 156 Å². The maximum atomic E-state index is 12.4. The van der Waals surface area contributed by atoms with Gasteiger partial charge in [-0.2, -0.15) is 0 Å². The average Bonchev–Trinajstić information content (AvgIpc) is 3.15. The molecule has 5 nitrogen and oxygen atoms in total. The predicted molar refractivity (Wildman–Crippen MR) is 102 cm³/mol. The van der Waals surface area contributed by atoms with Gasteiger partial charge in [0.2, 0.25) is 5.91 Å². The first kappa shape index (κ1) is 18.1. The van der Waals surface area contributed by atoms with Gasteiger partial charge in [0.1, 0.15) is 0 Å². The van der Waals surface area contributed by atoms with Crippen molar-refractivity contribution in [1.82, 2.24) is 15.5 Å². The molecule has 0 aromatic carbocycles. The van der Waals surface area contributed by atoms with Gasteiger partial charge in [0.05, 0.1) is 12.6 Å². The van der Waals surface area contributed by atoms with Crippen molar-refractivity contribution in [2.45, 2.75) is 38.8 Å². The van der Waals surface area contributed by atoms with Crippen LogP contribution in [0.1, 0.15) is 42.1 Å². The van der Waals surface area contributed by atoms with Crippen LogP contribution in [0.2, 0.25) is 0 Å². The average molecular weight is 378 g/mol. The molecular formula is C18H23N3O2S2. The van der Waals surface area contributed by atoms with Crippen LogP contribution in [0.15, 0.2) is 29.0 Å². The summed E-state index contributed by atoms with van der Waals surface area (Å²) < 4.78 is 0. The van der Waals surface area contributed by atoms with Gasteiger partial charge in [-0.15, -0.1) is 22.7 Å². The monoisotopic (exact) mass is 377 g/mol. The molecule has 1 atom stereocenters. The zero-order valence-corrected chi connectivity index (χ0v) is 16.3. The largest absolute Gasteiger partial charge is 0.333 e. The van der Waals surface area contributed by atoms with Crippen LogP contribution in [-0.2, 0) is 11.2 Å². The molecule has 25 heavy (non-hydrogen) atoms. The van der Waals surface area contributed by atoms with E-state index >= 15 is 0 Å². The van der Waals surface area contributed by atoms with Crippen molar-refractivity contribution in [3.63, 3.8) is 0 Å². The highest BCUT2D eigenvalue weighted by atomic mass is 32.1. The van der Waals surface area contributed by atoms with E-state index < -0.39 is 6.03 Å². The molecule has 3 amide bonds. The maximum absolute atomic E-state index is 12.4. The third-order valence-electron chi connectivity index (χ3n) is 3.97. The van der Waals surface area contributed by atoms with E-state index in [4.69, 9.17) is 0 Å². The Morgan fingerprint density at radius 3 is 2.72 bits per heavy atom. The molecule has 2 aromatic heterocycles. The van der Waals surface area contributed by atoms with Crippen LogP contribution in [0, 0.1) is 0 Å². The second-order valence-corrected chi connectivity index (χ2v) is 9.17. The van der Waals surface area contributed by atoms with Crippen LogP contribution in [0.25, 0.3) is 0 Å². The number of carbonyl (C=O) groups excluding carboxylic acids is 2. The number of amides is 3. The summed E-state index contributed by atoms with van der Waals surface area (Å²) in [6.45, 7) is 6.66. The van der Waals surface area contributed by atoms with Gasteiger partial charge in [0.25, 0.3) is 0 Å². The number of carbonyl (C=O) groups is 2. The molecule has 2 N–H and O–H groups in total. The van der Waals surface area contributed by atoms with Crippen LogP contribution >= 0.6 is 22.7 Å². The fourth-order valence-corrected chi connectivity index (χ4v) is 4.82. The minimum Gasteiger partial charge on any atom is -0.333 e. The highest BCUT2D eigenvalue weighted by Gasteiger charge is 2.31. The second-order valence-electron chi connectivity index (χ2n) is 7.19. The van der Waals surface area contributed by atoms with E-state index in [1.807, 2.05) is 26.8 Å². The standard InChI is InChI=1S/C18H23N3O2S2/c1-18(2,3)20-17(23)19-15(22)11-21-8-6-13-12(7-10-25-13)16(21)14-5-4-9-24-14/h4-5,7,9-10,16H,6,8,11H2,1-3H3,(H2,19,20,22,23)/t16-/m1/s1. The molecule has 1 aliphatic rings. The van der Waals surface area contributed by atoms with Gasteiger partial charge in [-0.3, -0.25) is 15.0 Å². The summed E-state index contributed by atoms with van der Waals surface area (Å²) >= 11 is 3.48. The summed E-state index contributed by atoms with van der Waals surface area (Å²) in [6.07, 6.45) is 0.941. The van der Waals surface area contributed by atoms with E-state index in [1.165, 1.54) is 15.3 Å².